The Morgan fingerprint density at radius 1 is 1.10 bits per heavy atom. The van der Waals surface area contributed by atoms with Crippen molar-refractivity contribution in [3.8, 4) is 0 Å². The largest absolute Gasteiger partial charge is 0.325 e. The standard InChI is InChI=1S/C16H16ClF2N/c1-16(20,9-11-4-2-6-13(18)8-11)10-12-5-3-7-14(19)15(12)17/h2-8H,9-10,20H2,1H3. The number of nitrogens with two attached hydrogens (primary N) is 1. The molecule has 2 aromatic rings. The summed E-state index contributed by atoms with van der Waals surface area (Å²) in [7, 11) is 0. The highest BCUT2D eigenvalue weighted by Gasteiger charge is 2.22. The van der Waals surface area contributed by atoms with Crippen LogP contribution in [-0.4, -0.2) is 5.54 Å². The average molecular weight is 296 g/mol. The summed E-state index contributed by atoms with van der Waals surface area (Å²) in [5, 5.41) is 0.100. The fourth-order valence-electron chi connectivity index (χ4n) is 2.30. The van der Waals surface area contributed by atoms with Crippen LogP contribution in [0, 0.1) is 11.6 Å². The second-order valence-corrected chi connectivity index (χ2v) is 5.73. The van der Waals surface area contributed by atoms with E-state index in [1.54, 1.807) is 18.2 Å². The maximum Gasteiger partial charge on any atom is 0.142 e. The van der Waals surface area contributed by atoms with Crippen LogP contribution in [0.2, 0.25) is 5.02 Å². The predicted octanol–water partition coefficient (Wildman–Crippen LogP) is 4.12. The zero-order valence-corrected chi connectivity index (χ0v) is 11.9. The molecule has 0 aliphatic rings. The molecule has 20 heavy (non-hydrogen) atoms. The van der Waals surface area contributed by atoms with E-state index in [0.717, 1.165) is 5.56 Å². The molecule has 0 radical (unpaired) electrons. The third-order valence-electron chi connectivity index (χ3n) is 3.12. The van der Waals surface area contributed by atoms with Crippen molar-refractivity contribution in [1.82, 2.24) is 0 Å². The minimum absolute atomic E-state index is 0.100. The summed E-state index contributed by atoms with van der Waals surface area (Å²) in [5.41, 5.74) is 7.08. The van der Waals surface area contributed by atoms with E-state index in [1.165, 1.54) is 18.2 Å². The topological polar surface area (TPSA) is 26.0 Å². The summed E-state index contributed by atoms with van der Waals surface area (Å²) in [6, 6.07) is 11.0. The first-order valence-corrected chi connectivity index (χ1v) is 6.71. The SMILES string of the molecule is CC(N)(Cc1cccc(F)c1)Cc1cccc(F)c1Cl. The van der Waals surface area contributed by atoms with Gasteiger partial charge in [-0.25, -0.2) is 8.78 Å². The summed E-state index contributed by atoms with van der Waals surface area (Å²) >= 11 is 5.94. The van der Waals surface area contributed by atoms with Crippen LogP contribution in [0.4, 0.5) is 8.78 Å². The number of benzene rings is 2. The fourth-order valence-corrected chi connectivity index (χ4v) is 2.49. The Bertz CT molecular complexity index is 611. The Balaban J connectivity index is 2.16. The molecule has 0 aromatic heterocycles. The average Bonchev–Trinajstić information content (AvgIpc) is 2.34. The molecule has 0 aliphatic heterocycles. The number of hydrogen-bond donors (Lipinski definition) is 1. The lowest BCUT2D eigenvalue weighted by Gasteiger charge is -2.25. The van der Waals surface area contributed by atoms with E-state index in [0.29, 0.717) is 18.4 Å². The van der Waals surface area contributed by atoms with E-state index in [1.807, 2.05) is 13.0 Å². The Kier molecular flexibility index (Phi) is 4.41. The van der Waals surface area contributed by atoms with Crippen molar-refractivity contribution in [1.29, 1.82) is 0 Å². The summed E-state index contributed by atoms with van der Waals surface area (Å²) in [6.45, 7) is 1.85. The second-order valence-electron chi connectivity index (χ2n) is 5.35. The normalized spacial score (nSPS) is 14.1. The van der Waals surface area contributed by atoms with Crippen LogP contribution in [0.5, 0.6) is 0 Å². The molecular weight excluding hydrogens is 280 g/mol. The van der Waals surface area contributed by atoms with Gasteiger partial charge in [-0.15, -0.1) is 0 Å². The molecule has 4 heteroatoms. The van der Waals surface area contributed by atoms with Gasteiger partial charge in [0.1, 0.15) is 11.6 Å². The highest BCUT2D eigenvalue weighted by atomic mass is 35.5. The Morgan fingerprint density at radius 2 is 1.80 bits per heavy atom. The van der Waals surface area contributed by atoms with Gasteiger partial charge in [-0.3, -0.25) is 0 Å². The van der Waals surface area contributed by atoms with Gasteiger partial charge in [-0.1, -0.05) is 35.9 Å². The molecule has 0 bridgehead atoms. The highest BCUT2D eigenvalue weighted by molar-refractivity contribution is 6.31. The zero-order chi connectivity index (χ0) is 14.8. The summed E-state index contributed by atoms with van der Waals surface area (Å²) in [5.74, 6) is -0.743. The van der Waals surface area contributed by atoms with Crippen molar-refractivity contribution in [2.45, 2.75) is 25.3 Å². The van der Waals surface area contributed by atoms with E-state index in [-0.39, 0.29) is 10.8 Å². The van der Waals surface area contributed by atoms with Crippen molar-refractivity contribution in [3.05, 3.63) is 70.2 Å². The highest BCUT2D eigenvalue weighted by Crippen LogP contribution is 2.25. The van der Waals surface area contributed by atoms with Gasteiger partial charge < -0.3 is 5.73 Å². The Hall–Kier alpha value is -1.45. The summed E-state index contributed by atoms with van der Waals surface area (Å²) in [6.07, 6.45) is 0.901. The number of halogens is 3. The molecule has 1 unspecified atom stereocenters. The van der Waals surface area contributed by atoms with Crippen LogP contribution in [0.25, 0.3) is 0 Å². The smallest absolute Gasteiger partial charge is 0.142 e. The fraction of sp³-hybridized carbons (Fsp3) is 0.250. The van der Waals surface area contributed by atoms with Crippen molar-refractivity contribution < 1.29 is 8.78 Å². The monoisotopic (exact) mass is 295 g/mol. The number of rotatable bonds is 4. The second kappa shape index (κ2) is 5.90. The van der Waals surface area contributed by atoms with E-state index in [9.17, 15) is 8.78 Å². The van der Waals surface area contributed by atoms with E-state index >= 15 is 0 Å². The van der Waals surface area contributed by atoms with Crippen LogP contribution >= 0.6 is 11.6 Å². The van der Waals surface area contributed by atoms with Gasteiger partial charge in [-0.2, -0.15) is 0 Å². The molecule has 2 N–H and O–H groups in total. The minimum Gasteiger partial charge on any atom is -0.325 e. The van der Waals surface area contributed by atoms with Crippen molar-refractivity contribution in [2.24, 2.45) is 5.73 Å². The first-order chi connectivity index (χ1) is 9.37. The van der Waals surface area contributed by atoms with E-state index in [2.05, 4.69) is 0 Å². The Morgan fingerprint density at radius 3 is 2.50 bits per heavy atom. The van der Waals surface area contributed by atoms with Gasteiger partial charge in [0.2, 0.25) is 0 Å². The first-order valence-electron chi connectivity index (χ1n) is 6.34. The van der Waals surface area contributed by atoms with Crippen LogP contribution in [-0.2, 0) is 12.8 Å². The third kappa shape index (κ3) is 3.78. The van der Waals surface area contributed by atoms with E-state index in [4.69, 9.17) is 17.3 Å². The molecular formula is C16H16ClF2N. The first kappa shape index (κ1) is 14.9. The molecule has 2 rings (SSSR count). The summed E-state index contributed by atoms with van der Waals surface area (Å²) in [4.78, 5) is 0. The maximum absolute atomic E-state index is 13.4. The van der Waals surface area contributed by atoms with Crippen LogP contribution in [0.15, 0.2) is 42.5 Å². The van der Waals surface area contributed by atoms with Crippen LogP contribution in [0.3, 0.4) is 0 Å². The lowest BCUT2D eigenvalue weighted by molar-refractivity contribution is 0.460. The van der Waals surface area contributed by atoms with Gasteiger partial charge in [-0.05, 0) is 49.1 Å². The molecule has 0 saturated heterocycles. The molecule has 0 amide bonds. The number of hydrogen-bond acceptors (Lipinski definition) is 1. The molecule has 2 aromatic carbocycles. The molecule has 0 saturated carbocycles. The predicted molar refractivity (Wildman–Crippen MR) is 77.8 cm³/mol. The van der Waals surface area contributed by atoms with Gasteiger partial charge in [0.05, 0.1) is 5.02 Å². The molecule has 1 atom stereocenters. The van der Waals surface area contributed by atoms with Gasteiger partial charge in [0.25, 0.3) is 0 Å². The summed E-state index contributed by atoms with van der Waals surface area (Å²) < 4.78 is 26.6. The molecule has 0 fully saturated rings. The van der Waals surface area contributed by atoms with Crippen molar-refractivity contribution >= 4 is 11.6 Å². The van der Waals surface area contributed by atoms with Crippen molar-refractivity contribution in [3.63, 3.8) is 0 Å². The molecule has 0 spiro atoms. The van der Waals surface area contributed by atoms with Crippen LogP contribution < -0.4 is 5.73 Å². The van der Waals surface area contributed by atoms with Gasteiger partial charge in [0, 0.05) is 5.54 Å². The van der Waals surface area contributed by atoms with Gasteiger partial charge >= 0.3 is 0 Å². The molecule has 106 valence electrons. The quantitative estimate of drug-likeness (QED) is 0.902. The third-order valence-corrected chi connectivity index (χ3v) is 3.55. The zero-order valence-electron chi connectivity index (χ0n) is 11.2. The molecule has 1 nitrogen and oxygen atoms in total. The molecule has 0 aliphatic carbocycles. The maximum atomic E-state index is 13.4. The van der Waals surface area contributed by atoms with Crippen LogP contribution in [0.1, 0.15) is 18.1 Å². The lowest BCUT2D eigenvalue weighted by Crippen LogP contribution is -2.41. The van der Waals surface area contributed by atoms with E-state index < -0.39 is 11.4 Å². The van der Waals surface area contributed by atoms with Crippen molar-refractivity contribution in [2.75, 3.05) is 0 Å². The van der Waals surface area contributed by atoms with Gasteiger partial charge in [0.15, 0.2) is 0 Å². The lowest BCUT2D eigenvalue weighted by atomic mass is 9.87. The Labute approximate surface area is 122 Å². The minimum atomic E-state index is -0.634. The molecule has 0 heterocycles.